The SMILES string of the molecule is C[C@H](/C=C\S(=O)(=O)[C@@H]1CCNC1)NC(=O)OC(C)(C)C. The summed E-state index contributed by atoms with van der Waals surface area (Å²) in [4.78, 5) is 11.5. The summed E-state index contributed by atoms with van der Waals surface area (Å²) in [5.41, 5.74) is -0.574. The Kier molecular flexibility index (Phi) is 5.59. The molecule has 2 N–H and O–H groups in total. The highest BCUT2D eigenvalue weighted by atomic mass is 32.2. The number of hydrogen-bond donors (Lipinski definition) is 2. The molecule has 116 valence electrons. The number of amides is 1. The summed E-state index contributed by atoms with van der Waals surface area (Å²) in [6.45, 7) is 8.22. The van der Waals surface area contributed by atoms with Crippen LogP contribution in [0.25, 0.3) is 0 Å². The van der Waals surface area contributed by atoms with Crippen molar-refractivity contribution in [1.29, 1.82) is 0 Å². The van der Waals surface area contributed by atoms with E-state index in [4.69, 9.17) is 4.74 Å². The number of alkyl carbamates (subject to hydrolysis) is 1. The molecule has 0 aromatic carbocycles. The van der Waals surface area contributed by atoms with Crippen molar-refractivity contribution >= 4 is 15.9 Å². The summed E-state index contributed by atoms with van der Waals surface area (Å²) in [7, 11) is -3.26. The maximum atomic E-state index is 12.0. The summed E-state index contributed by atoms with van der Waals surface area (Å²) in [6, 6.07) is -0.408. The zero-order valence-corrected chi connectivity index (χ0v) is 13.3. The van der Waals surface area contributed by atoms with Crippen LogP contribution in [-0.2, 0) is 14.6 Å². The standard InChI is InChI=1S/C13H24N2O4S/c1-10(15-12(16)19-13(2,3)4)6-8-20(17,18)11-5-7-14-9-11/h6,8,10-11,14H,5,7,9H2,1-4H3,(H,15,16)/b8-6-/t10-,11-/m1/s1. The molecule has 1 aliphatic rings. The molecule has 0 radical (unpaired) electrons. The lowest BCUT2D eigenvalue weighted by Crippen LogP contribution is -2.37. The minimum Gasteiger partial charge on any atom is -0.444 e. The Morgan fingerprint density at radius 3 is 2.60 bits per heavy atom. The van der Waals surface area contributed by atoms with Crippen LogP contribution in [0, 0.1) is 0 Å². The van der Waals surface area contributed by atoms with Crippen LogP contribution in [0.4, 0.5) is 4.79 Å². The number of carbonyl (C=O) groups excluding carboxylic acids is 1. The van der Waals surface area contributed by atoms with Gasteiger partial charge in [0.2, 0.25) is 0 Å². The summed E-state index contributed by atoms with van der Waals surface area (Å²) in [5, 5.41) is 6.41. The number of nitrogens with one attached hydrogen (secondary N) is 2. The largest absolute Gasteiger partial charge is 0.444 e. The lowest BCUT2D eigenvalue weighted by Gasteiger charge is -2.21. The Morgan fingerprint density at radius 2 is 2.10 bits per heavy atom. The van der Waals surface area contributed by atoms with Gasteiger partial charge in [0.05, 0.1) is 5.25 Å². The molecular weight excluding hydrogens is 280 g/mol. The van der Waals surface area contributed by atoms with Gasteiger partial charge in [-0.1, -0.05) is 6.08 Å². The molecule has 0 aromatic heterocycles. The van der Waals surface area contributed by atoms with Gasteiger partial charge in [-0.3, -0.25) is 0 Å². The predicted octanol–water partition coefficient (Wildman–Crippen LogP) is 1.19. The van der Waals surface area contributed by atoms with E-state index in [0.29, 0.717) is 13.0 Å². The molecule has 6 nitrogen and oxygen atoms in total. The third-order valence-electron chi connectivity index (χ3n) is 2.78. The maximum Gasteiger partial charge on any atom is 0.408 e. The molecule has 0 saturated carbocycles. The van der Waals surface area contributed by atoms with Crippen molar-refractivity contribution < 1.29 is 17.9 Å². The monoisotopic (exact) mass is 304 g/mol. The predicted molar refractivity (Wildman–Crippen MR) is 78.2 cm³/mol. The first-order valence-corrected chi connectivity index (χ1v) is 8.33. The van der Waals surface area contributed by atoms with Crippen molar-refractivity contribution in [3.63, 3.8) is 0 Å². The first-order valence-electron chi connectivity index (χ1n) is 6.72. The van der Waals surface area contributed by atoms with E-state index in [0.717, 1.165) is 6.54 Å². The van der Waals surface area contributed by atoms with Gasteiger partial charge >= 0.3 is 6.09 Å². The summed E-state index contributed by atoms with van der Waals surface area (Å²) in [5.74, 6) is 0. The van der Waals surface area contributed by atoms with Gasteiger partial charge in [0, 0.05) is 18.0 Å². The van der Waals surface area contributed by atoms with E-state index in [9.17, 15) is 13.2 Å². The molecule has 1 fully saturated rings. The average Bonchev–Trinajstić information content (AvgIpc) is 2.77. The van der Waals surface area contributed by atoms with E-state index in [1.165, 1.54) is 11.5 Å². The van der Waals surface area contributed by atoms with Crippen LogP contribution in [0.3, 0.4) is 0 Å². The minimum atomic E-state index is -3.26. The lowest BCUT2D eigenvalue weighted by atomic mass is 10.2. The molecule has 0 spiro atoms. The molecular formula is C13H24N2O4S. The molecule has 0 aromatic rings. The summed E-state index contributed by atoms with van der Waals surface area (Å²) in [6.07, 6.45) is 1.53. The molecule has 1 heterocycles. The van der Waals surface area contributed by atoms with Crippen LogP contribution in [0.5, 0.6) is 0 Å². The van der Waals surface area contributed by atoms with Gasteiger partial charge in [-0.15, -0.1) is 0 Å². The van der Waals surface area contributed by atoms with Gasteiger partial charge in [0.25, 0.3) is 0 Å². The van der Waals surface area contributed by atoms with Gasteiger partial charge in [0.15, 0.2) is 9.84 Å². The Labute approximate surface area is 120 Å². The molecule has 1 rings (SSSR count). The van der Waals surface area contributed by atoms with E-state index in [1.54, 1.807) is 27.7 Å². The van der Waals surface area contributed by atoms with Crippen LogP contribution in [0.2, 0.25) is 0 Å². The minimum absolute atomic E-state index is 0.368. The zero-order chi connectivity index (χ0) is 15.4. The molecule has 2 atom stereocenters. The number of ether oxygens (including phenoxy) is 1. The van der Waals surface area contributed by atoms with E-state index in [-0.39, 0.29) is 5.25 Å². The van der Waals surface area contributed by atoms with Crippen molar-refractivity contribution in [3.05, 3.63) is 11.5 Å². The zero-order valence-electron chi connectivity index (χ0n) is 12.5. The quantitative estimate of drug-likeness (QED) is 0.815. The van der Waals surface area contributed by atoms with Crippen molar-refractivity contribution in [2.45, 2.75) is 51.0 Å². The van der Waals surface area contributed by atoms with E-state index < -0.39 is 27.6 Å². The van der Waals surface area contributed by atoms with Gasteiger partial charge in [-0.2, -0.15) is 0 Å². The molecule has 1 saturated heterocycles. The van der Waals surface area contributed by atoms with Crippen molar-refractivity contribution in [1.82, 2.24) is 10.6 Å². The lowest BCUT2D eigenvalue weighted by molar-refractivity contribution is 0.0518. The Morgan fingerprint density at radius 1 is 1.45 bits per heavy atom. The average molecular weight is 304 g/mol. The van der Waals surface area contributed by atoms with E-state index >= 15 is 0 Å². The van der Waals surface area contributed by atoms with Crippen molar-refractivity contribution in [2.24, 2.45) is 0 Å². The van der Waals surface area contributed by atoms with E-state index in [2.05, 4.69) is 10.6 Å². The number of hydrogen-bond acceptors (Lipinski definition) is 5. The molecule has 20 heavy (non-hydrogen) atoms. The van der Waals surface area contributed by atoms with Gasteiger partial charge < -0.3 is 15.4 Å². The first kappa shape index (κ1) is 17.0. The third kappa shape index (κ3) is 5.92. The highest BCUT2D eigenvalue weighted by molar-refractivity contribution is 7.94. The fourth-order valence-corrected chi connectivity index (χ4v) is 3.26. The molecule has 0 aliphatic carbocycles. The van der Waals surface area contributed by atoms with Crippen LogP contribution < -0.4 is 10.6 Å². The second-order valence-electron chi connectivity index (χ2n) is 5.97. The molecule has 0 unspecified atom stereocenters. The fourth-order valence-electron chi connectivity index (χ4n) is 1.79. The van der Waals surface area contributed by atoms with Crippen molar-refractivity contribution in [3.8, 4) is 0 Å². The van der Waals surface area contributed by atoms with Gasteiger partial charge in [-0.05, 0) is 40.7 Å². The Balaban J connectivity index is 2.51. The van der Waals surface area contributed by atoms with E-state index in [1.807, 2.05) is 0 Å². The summed E-state index contributed by atoms with van der Waals surface area (Å²) >= 11 is 0. The second kappa shape index (κ2) is 6.58. The Hall–Kier alpha value is -1.08. The smallest absolute Gasteiger partial charge is 0.408 e. The maximum absolute atomic E-state index is 12.0. The van der Waals surface area contributed by atoms with Crippen LogP contribution >= 0.6 is 0 Å². The first-order chi connectivity index (χ1) is 9.10. The number of sulfone groups is 1. The number of rotatable bonds is 4. The van der Waals surface area contributed by atoms with Crippen LogP contribution in [-0.4, -0.2) is 44.5 Å². The van der Waals surface area contributed by atoms with Crippen LogP contribution in [0.1, 0.15) is 34.1 Å². The molecule has 1 aliphatic heterocycles. The number of carbonyl (C=O) groups is 1. The second-order valence-corrected chi connectivity index (χ2v) is 8.08. The normalized spacial score (nSPS) is 21.9. The fraction of sp³-hybridized carbons (Fsp3) is 0.769. The summed E-state index contributed by atoms with van der Waals surface area (Å²) < 4.78 is 29.1. The molecule has 7 heteroatoms. The molecule has 1 amide bonds. The highest BCUT2D eigenvalue weighted by Gasteiger charge is 2.26. The Bertz CT molecular complexity index is 459. The van der Waals surface area contributed by atoms with Gasteiger partial charge in [0.1, 0.15) is 5.60 Å². The van der Waals surface area contributed by atoms with Crippen LogP contribution in [0.15, 0.2) is 11.5 Å². The molecule has 0 bridgehead atoms. The van der Waals surface area contributed by atoms with Crippen molar-refractivity contribution in [2.75, 3.05) is 13.1 Å². The third-order valence-corrected chi connectivity index (χ3v) is 4.65. The highest BCUT2D eigenvalue weighted by Crippen LogP contribution is 2.12. The van der Waals surface area contributed by atoms with Gasteiger partial charge in [-0.25, -0.2) is 13.2 Å². The topological polar surface area (TPSA) is 84.5 Å².